The zero-order valence-electron chi connectivity index (χ0n) is 11.0. The summed E-state index contributed by atoms with van der Waals surface area (Å²) in [6, 6.07) is 3.11. The summed E-state index contributed by atoms with van der Waals surface area (Å²) in [4.78, 5) is 23.4. The second kappa shape index (κ2) is 5.28. The first kappa shape index (κ1) is 14.0. The highest BCUT2D eigenvalue weighted by atomic mass is 19.1. The SMILES string of the molecule is Cn1cc(CNc2ccc(F)cc2F)c(=O)n(C)c1=O. The molecule has 0 spiro atoms. The van der Waals surface area contributed by atoms with Gasteiger partial charge >= 0.3 is 5.69 Å². The molecule has 20 heavy (non-hydrogen) atoms. The molecular formula is C13H13F2N3O2. The summed E-state index contributed by atoms with van der Waals surface area (Å²) in [5, 5.41) is 2.70. The third kappa shape index (κ3) is 2.61. The Hall–Kier alpha value is -2.44. The number of aryl methyl sites for hydroxylation is 1. The van der Waals surface area contributed by atoms with Crippen LogP contribution in [0.25, 0.3) is 0 Å². The number of anilines is 1. The van der Waals surface area contributed by atoms with E-state index in [1.165, 1.54) is 30.9 Å². The molecule has 5 nitrogen and oxygen atoms in total. The van der Waals surface area contributed by atoms with Crippen molar-refractivity contribution in [1.82, 2.24) is 9.13 Å². The fourth-order valence-corrected chi connectivity index (χ4v) is 1.83. The first-order valence-corrected chi connectivity index (χ1v) is 5.84. The summed E-state index contributed by atoms with van der Waals surface area (Å²) in [5.41, 5.74) is -0.504. The number of rotatable bonds is 3. The summed E-state index contributed by atoms with van der Waals surface area (Å²) >= 11 is 0. The second-order valence-corrected chi connectivity index (χ2v) is 4.39. The number of hydrogen-bond acceptors (Lipinski definition) is 3. The van der Waals surface area contributed by atoms with Crippen LogP contribution in [-0.2, 0) is 20.6 Å². The topological polar surface area (TPSA) is 56.0 Å². The van der Waals surface area contributed by atoms with Gasteiger partial charge in [0.05, 0.1) is 11.3 Å². The molecule has 0 amide bonds. The highest BCUT2D eigenvalue weighted by molar-refractivity contribution is 5.45. The van der Waals surface area contributed by atoms with Crippen molar-refractivity contribution in [3.05, 3.63) is 62.4 Å². The van der Waals surface area contributed by atoms with Crippen LogP contribution in [0.3, 0.4) is 0 Å². The van der Waals surface area contributed by atoms with E-state index >= 15 is 0 Å². The molecule has 1 aromatic heterocycles. The molecule has 2 rings (SSSR count). The van der Waals surface area contributed by atoms with E-state index in [-0.39, 0.29) is 12.2 Å². The quantitative estimate of drug-likeness (QED) is 0.912. The molecule has 1 N–H and O–H groups in total. The molecule has 0 saturated heterocycles. The van der Waals surface area contributed by atoms with E-state index in [1.807, 2.05) is 0 Å². The molecule has 0 bridgehead atoms. The maximum absolute atomic E-state index is 13.4. The minimum atomic E-state index is -0.744. The average Bonchev–Trinajstić information content (AvgIpc) is 2.40. The van der Waals surface area contributed by atoms with Crippen molar-refractivity contribution < 1.29 is 8.78 Å². The van der Waals surface area contributed by atoms with E-state index in [4.69, 9.17) is 0 Å². The molecule has 0 aliphatic heterocycles. The van der Waals surface area contributed by atoms with Crippen LogP contribution >= 0.6 is 0 Å². The van der Waals surface area contributed by atoms with Crippen molar-refractivity contribution in [3.63, 3.8) is 0 Å². The number of benzene rings is 1. The second-order valence-electron chi connectivity index (χ2n) is 4.39. The minimum Gasteiger partial charge on any atom is -0.378 e. The van der Waals surface area contributed by atoms with Crippen LogP contribution in [0.4, 0.5) is 14.5 Å². The van der Waals surface area contributed by atoms with Gasteiger partial charge in [-0.05, 0) is 12.1 Å². The van der Waals surface area contributed by atoms with Crippen molar-refractivity contribution in [1.29, 1.82) is 0 Å². The van der Waals surface area contributed by atoms with Gasteiger partial charge in [0.2, 0.25) is 0 Å². The number of aromatic nitrogens is 2. The van der Waals surface area contributed by atoms with Crippen LogP contribution in [0.1, 0.15) is 5.56 Å². The van der Waals surface area contributed by atoms with Gasteiger partial charge in [-0.3, -0.25) is 9.36 Å². The maximum Gasteiger partial charge on any atom is 0.330 e. The summed E-state index contributed by atoms with van der Waals surface area (Å²) in [5.74, 6) is -1.42. The predicted octanol–water partition coefficient (Wildman–Crippen LogP) is 0.974. The van der Waals surface area contributed by atoms with E-state index in [0.29, 0.717) is 5.56 Å². The zero-order valence-corrected chi connectivity index (χ0v) is 11.0. The Morgan fingerprint density at radius 1 is 1.20 bits per heavy atom. The lowest BCUT2D eigenvalue weighted by Gasteiger charge is -2.09. The maximum atomic E-state index is 13.4. The van der Waals surface area contributed by atoms with Crippen LogP contribution in [0.2, 0.25) is 0 Å². The number of nitrogens with zero attached hydrogens (tertiary/aromatic N) is 2. The predicted molar refractivity (Wildman–Crippen MR) is 70.6 cm³/mol. The van der Waals surface area contributed by atoms with E-state index in [9.17, 15) is 18.4 Å². The molecule has 1 heterocycles. The Morgan fingerprint density at radius 2 is 1.90 bits per heavy atom. The van der Waals surface area contributed by atoms with Gasteiger partial charge in [0.1, 0.15) is 11.6 Å². The molecular weight excluding hydrogens is 268 g/mol. The van der Waals surface area contributed by atoms with Gasteiger partial charge in [0.25, 0.3) is 5.56 Å². The zero-order chi connectivity index (χ0) is 14.9. The molecule has 7 heteroatoms. The molecule has 0 aliphatic carbocycles. The molecule has 2 aromatic rings. The molecule has 0 aliphatic rings. The van der Waals surface area contributed by atoms with E-state index in [1.54, 1.807) is 0 Å². The Balaban J connectivity index is 2.28. The molecule has 106 valence electrons. The Labute approximate surface area is 113 Å². The molecule has 0 fully saturated rings. The Kier molecular flexibility index (Phi) is 3.69. The van der Waals surface area contributed by atoms with Crippen LogP contribution in [0.15, 0.2) is 34.0 Å². The average molecular weight is 281 g/mol. The van der Waals surface area contributed by atoms with Gasteiger partial charge in [-0.15, -0.1) is 0 Å². The number of nitrogens with one attached hydrogen (secondary N) is 1. The normalized spacial score (nSPS) is 10.6. The monoisotopic (exact) mass is 281 g/mol. The molecule has 0 saturated carbocycles. The van der Waals surface area contributed by atoms with Crippen LogP contribution in [-0.4, -0.2) is 9.13 Å². The van der Waals surface area contributed by atoms with E-state index < -0.39 is 22.9 Å². The summed E-state index contributed by atoms with van der Waals surface area (Å²) in [6.07, 6.45) is 1.39. The minimum absolute atomic E-state index is 0.0311. The largest absolute Gasteiger partial charge is 0.378 e. The summed E-state index contributed by atoms with van der Waals surface area (Å²) in [6.45, 7) is 0.0311. The van der Waals surface area contributed by atoms with E-state index in [0.717, 1.165) is 16.7 Å². The van der Waals surface area contributed by atoms with Crippen molar-refractivity contribution in [2.45, 2.75) is 6.54 Å². The lowest BCUT2D eigenvalue weighted by molar-refractivity contribution is 0.585. The third-order valence-corrected chi connectivity index (χ3v) is 2.92. The third-order valence-electron chi connectivity index (χ3n) is 2.92. The van der Waals surface area contributed by atoms with Gasteiger partial charge in [0, 0.05) is 32.9 Å². The van der Waals surface area contributed by atoms with Crippen molar-refractivity contribution >= 4 is 5.69 Å². The van der Waals surface area contributed by atoms with Gasteiger partial charge in [-0.1, -0.05) is 0 Å². The summed E-state index contributed by atoms with van der Waals surface area (Å²) in [7, 11) is 2.89. The first-order valence-electron chi connectivity index (χ1n) is 5.84. The van der Waals surface area contributed by atoms with Crippen molar-refractivity contribution in [2.75, 3.05) is 5.32 Å². The Bertz CT molecular complexity index is 765. The fraction of sp³-hybridized carbons (Fsp3) is 0.231. The summed E-state index contributed by atoms with van der Waals surface area (Å²) < 4.78 is 28.4. The highest BCUT2D eigenvalue weighted by Crippen LogP contribution is 2.15. The standard InChI is InChI=1S/C13H13F2N3O2/c1-17-7-8(12(19)18(2)13(17)20)6-16-11-4-3-9(14)5-10(11)15/h3-5,7,16H,6H2,1-2H3. The van der Waals surface area contributed by atoms with Crippen molar-refractivity contribution in [2.24, 2.45) is 14.1 Å². The number of halogens is 2. The molecule has 0 unspecified atom stereocenters. The van der Waals surface area contributed by atoms with Crippen LogP contribution in [0.5, 0.6) is 0 Å². The van der Waals surface area contributed by atoms with Gasteiger partial charge in [-0.2, -0.15) is 0 Å². The fourth-order valence-electron chi connectivity index (χ4n) is 1.83. The smallest absolute Gasteiger partial charge is 0.330 e. The first-order chi connectivity index (χ1) is 9.40. The van der Waals surface area contributed by atoms with Gasteiger partial charge < -0.3 is 9.88 Å². The van der Waals surface area contributed by atoms with E-state index in [2.05, 4.69) is 5.32 Å². The van der Waals surface area contributed by atoms with Gasteiger partial charge in [0.15, 0.2) is 0 Å². The van der Waals surface area contributed by atoms with Crippen LogP contribution in [0, 0.1) is 11.6 Å². The molecule has 1 aromatic carbocycles. The molecule has 0 radical (unpaired) electrons. The van der Waals surface area contributed by atoms with Gasteiger partial charge in [-0.25, -0.2) is 13.6 Å². The Morgan fingerprint density at radius 3 is 2.55 bits per heavy atom. The lowest BCUT2D eigenvalue weighted by Crippen LogP contribution is -2.38. The number of hydrogen-bond donors (Lipinski definition) is 1. The van der Waals surface area contributed by atoms with Crippen LogP contribution < -0.4 is 16.6 Å². The lowest BCUT2D eigenvalue weighted by atomic mass is 10.2. The van der Waals surface area contributed by atoms with Crippen molar-refractivity contribution in [3.8, 4) is 0 Å². The highest BCUT2D eigenvalue weighted by Gasteiger charge is 2.08. The molecule has 0 atom stereocenters.